The van der Waals surface area contributed by atoms with Crippen LogP contribution < -0.4 is 5.32 Å². The summed E-state index contributed by atoms with van der Waals surface area (Å²) in [7, 11) is -0.115. The SMILES string of the molecule is COC(=O)[C@H](C)n1nnc([Si](C)(C)C)c1C. The molecule has 0 N–H and O–H groups in total. The topological polar surface area (TPSA) is 57.0 Å². The molecule has 0 aliphatic carbocycles. The zero-order chi connectivity index (χ0) is 12.5. The van der Waals surface area contributed by atoms with E-state index >= 15 is 0 Å². The van der Waals surface area contributed by atoms with E-state index in [1.807, 2.05) is 6.92 Å². The smallest absolute Gasteiger partial charge is 0.330 e. The quantitative estimate of drug-likeness (QED) is 0.582. The lowest BCUT2D eigenvalue weighted by Gasteiger charge is -2.15. The van der Waals surface area contributed by atoms with Gasteiger partial charge in [0.2, 0.25) is 0 Å². The molecule has 1 heterocycles. The second-order valence-corrected chi connectivity index (χ2v) is 9.89. The zero-order valence-corrected chi connectivity index (χ0v) is 11.7. The second-order valence-electron chi connectivity index (χ2n) is 4.92. The van der Waals surface area contributed by atoms with Gasteiger partial charge in [0.05, 0.1) is 18.1 Å². The third-order valence-electron chi connectivity index (χ3n) is 2.55. The minimum atomic E-state index is -1.49. The average Bonchev–Trinajstić information content (AvgIpc) is 2.57. The number of hydrogen-bond acceptors (Lipinski definition) is 4. The summed E-state index contributed by atoms with van der Waals surface area (Å²) in [4.78, 5) is 11.4. The molecule has 0 aliphatic rings. The molecule has 90 valence electrons. The normalized spacial score (nSPS) is 13.6. The molecule has 0 radical (unpaired) electrons. The average molecular weight is 241 g/mol. The summed E-state index contributed by atoms with van der Waals surface area (Å²) in [6.07, 6.45) is 0. The van der Waals surface area contributed by atoms with E-state index in [4.69, 9.17) is 4.74 Å². The molecule has 1 rings (SSSR count). The summed E-state index contributed by atoms with van der Waals surface area (Å²) < 4.78 is 6.34. The molecule has 0 fully saturated rings. The fraction of sp³-hybridized carbons (Fsp3) is 0.700. The maximum Gasteiger partial charge on any atom is 0.330 e. The van der Waals surface area contributed by atoms with Gasteiger partial charge in [0.25, 0.3) is 0 Å². The minimum absolute atomic E-state index is 0.296. The summed E-state index contributed by atoms with van der Waals surface area (Å²) in [5, 5.41) is 9.29. The zero-order valence-electron chi connectivity index (χ0n) is 10.7. The third-order valence-corrected chi connectivity index (χ3v) is 4.43. The highest BCUT2D eigenvalue weighted by Crippen LogP contribution is 2.10. The lowest BCUT2D eigenvalue weighted by atomic mass is 10.3. The fourth-order valence-corrected chi connectivity index (χ4v) is 3.22. The molecule has 0 saturated carbocycles. The predicted molar refractivity (Wildman–Crippen MR) is 64.5 cm³/mol. The van der Waals surface area contributed by atoms with Crippen molar-refractivity contribution in [3.05, 3.63) is 5.69 Å². The van der Waals surface area contributed by atoms with Crippen LogP contribution in [0, 0.1) is 6.92 Å². The van der Waals surface area contributed by atoms with Crippen LogP contribution in [0.25, 0.3) is 0 Å². The number of methoxy groups -OCH3 is 1. The number of rotatable bonds is 3. The van der Waals surface area contributed by atoms with Crippen molar-refractivity contribution < 1.29 is 9.53 Å². The molecule has 6 heteroatoms. The monoisotopic (exact) mass is 241 g/mol. The summed E-state index contributed by atoms with van der Waals surface area (Å²) in [6, 6.07) is -0.414. The van der Waals surface area contributed by atoms with Crippen LogP contribution in [0.15, 0.2) is 0 Å². The molecule has 1 atom stereocenters. The van der Waals surface area contributed by atoms with E-state index in [1.54, 1.807) is 11.6 Å². The number of carbonyl (C=O) groups is 1. The molecule has 1 aromatic rings. The maximum atomic E-state index is 11.4. The van der Waals surface area contributed by atoms with Gasteiger partial charge in [0, 0.05) is 0 Å². The van der Waals surface area contributed by atoms with Gasteiger partial charge in [-0.15, -0.1) is 5.10 Å². The van der Waals surface area contributed by atoms with Crippen LogP contribution in [0.4, 0.5) is 0 Å². The number of aromatic nitrogens is 3. The van der Waals surface area contributed by atoms with Crippen LogP contribution >= 0.6 is 0 Å². The highest BCUT2D eigenvalue weighted by atomic mass is 28.3. The first-order chi connectivity index (χ1) is 7.29. The summed E-state index contributed by atoms with van der Waals surface area (Å²) >= 11 is 0. The second kappa shape index (κ2) is 4.37. The van der Waals surface area contributed by atoms with Crippen molar-refractivity contribution in [1.29, 1.82) is 0 Å². The van der Waals surface area contributed by atoms with Gasteiger partial charge >= 0.3 is 5.97 Å². The highest BCUT2D eigenvalue weighted by Gasteiger charge is 2.27. The Morgan fingerprint density at radius 3 is 2.38 bits per heavy atom. The van der Waals surface area contributed by atoms with E-state index in [0.29, 0.717) is 0 Å². The third kappa shape index (κ3) is 2.32. The van der Waals surface area contributed by atoms with E-state index in [-0.39, 0.29) is 5.97 Å². The van der Waals surface area contributed by atoms with Crippen LogP contribution in [-0.2, 0) is 9.53 Å². The Labute approximate surface area is 96.8 Å². The lowest BCUT2D eigenvalue weighted by Crippen LogP contribution is -2.41. The van der Waals surface area contributed by atoms with Gasteiger partial charge < -0.3 is 4.74 Å². The Kier molecular flexibility index (Phi) is 3.52. The summed E-state index contributed by atoms with van der Waals surface area (Å²) in [5.74, 6) is -0.296. The van der Waals surface area contributed by atoms with Crippen molar-refractivity contribution in [2.45, 2.75) is 39.5 Å². The molecule has 0 spiro atoms. The molecule has 16 heavy (non-hydrogen) atoms. The number of hydrogen-bond donors (Lipinski definition) is 0. The Hall–Kier alpha value is -1.17. The summed E-state index contributed by atoms with van der Waals surface area (Å²) in [5.41, 5.74) is 0.970. The van der Waals surface area contributed by atoms with Crippen LogP contribution in [0.3, 0.4) is 0 Å². The van der Waals surface area contributed by atoms with Crippen molar-refractivity contribution in [2.75, 3.05) is 7.11 Å². The maximum absolute atomic E-state index is 11.4. The molecular weight excluding hydrogens is 222 g/mol. The highest BCUT2D eigenvalue weighted by molar-refractivity contribution is 6.88. The fourth-order valence-electron chi connectivity index (χ4n) is 1.67. The summed E-state index contributed by atoms with van der Waals surface area (Å²) in [6.45, 7) is 10.3. The van der Waals surface area contributed by atoms with Crippen molar-refractivity contribution in [1.82, 2.24) is 15.0 Å². The Balaban J connectivity index is 3.10. The van der Waals surface area contributed by atoms with Crippen molar-refractivity contribution in [2.24, 2.45) is 0 Å². The Morgan fingerprint density at radius 2 is 2.00 bits per heavy atom. The van der Waals surface area contributed by atoms with Crippen LogP contribution in [0.5, 0.6) is 0 Å². The molecule has 0 aromatic carbocycles. The first kappa shape index (κ1) is 12.9. The number of nitrogens with zero attached hydrogens (tertiary/aromatic N) is 3. The van der Waals surface area contributed by atoms with Crippen LogP contribution in [0.1, 0.15) is 18.7 Å². The van der Waals surface area contributed by atoms with Crippen molar-refractivity contribution >= 4 is 19.4 Å². The van der Waals surface area contributed by atoms with Gasteiger partial charge in [-0.05, 0) is 13.8 Å². The van der Waals surface area contributed by atoms with Gasteiger partial charge in [-0.25, -0.2) is 9.48 Å². The standard InChI is InChI=1S/C10H19N3O2Si/c1-7-9(16(4,5)6)11-12-13(7)8(2)10(14)15-3/h8H,1-6H3/t8-/m0/s1. The van der Waals surface area contributed by atoms with Crippen molar-refractivity contribution in [3.63, 3.8) is 0 Å². The van der Waals surface area contributed by atoms with E-state index in [0.717, 1.165) is 11.0 Å². The first-order valence-electron chi connectivity index (χ1n) is 5.29. The lowest BCUT2D eigenvalue weighted by molar-refractivity contribution is -0.144. The molecule has 1 aromatic heterocycles. The number of esters is 1. The van der Waals surface area contributed by atoms with E-state index in [2.05, 4.69) is 30.0 Å². The largest absolute Gasteiger partial charge is 0.467 e. The van der Waals surface area contributed by atoms with Gasteiger partial charge in [-0.1, -0.05) is 24.9 Å². The van der Waals surface area contributed by atoms with E-state index in [1.165, 1.54) is 7.11 Å². The molecule has 0 bridgehead atoms. The van der Waals surface area contributed by atoms with Crippen LogP contribution in [-0.4, -0.2) is 36.1 Å². The van der Waals surface area contributed by atoms with Crippen LogP contribution in [0.2, 0.25) is 19.6 Å². The number of carbonyl (C=O) groups excluding carboxylic acids is 1. The van der Waals surface area contributed by atoms with Gasteiger partial charge in [-0.2, -0.15) is 0 Å². The molecule has 5 nitrogen and oxygen atoms in total. The molecule has 0 aliphatic heterocycles. The van der Waals surface area contributed by atoms with Crippen molar-refractivity contribution in [3.8, 4) is 0 Å². The van der Waals surface area contributed by atoms with Gasteiger partial charge in [0.1, 0.15) is 14.1 Å². The predicted octanol–water partition coefficient (Wildman–Crippen LogP) is 0.866. The Morgan fingerprint density at radius 1 is 1.44 bits per heavy atom. The molecular formula is C10H19N3O2Si. The molecule has 0 amide bonds. The Bertz CT molecular complexity index is 395. The van der Waals surface area contributed by atoms with E-state index in [9.17, 15) is 4.79 Å². The first-order valence-corrected chi connectivity index (χ1v) is 8.79. The molecule has 0 saturated heterocycles. The molecule has 0 unspecified atom stereocenters. The van der Waals surface area contributed by atoms with E-state index < -0.39 is 14.1 Å². The minimum Gasteiger partial charge on any atom is -0.467 e. The van der Waals surface area contributed by atoms with Gasteiger partial charge in [-0.3, -0.25) is 0 Å². The number of ether oxygens (including phenoxy) is 1. The van der Waals surface area contributed by atoms with Gasteiger partial charge in [0.15, 0.2) is 0 Å².